The third-order valence-corrected chi connectivity index (χ3v) is 2.21. The molecule has 0 bridgehead atoms. The molecule has 2 aromatic rings. The highest BCUT2D eigenvalue weighted by Gasteiger charge is 2.03. The molecule has 6 heteroatoms. The normalized spacial score (nSPS) is 10.2. The zero-order chi connectivity index (χ0) is 12.3. The summed E-state index contributed by atoms with van der Waals surface area (Å²) < 4.78 is 5.44. The molecule has 17 heavy (non-hydrogen) atoms. The average Bonchev–Trinajstić information content (AvgIpc) is 2.28. The summed E-state index contributed by atoms with van der Waals surface area (Å²) >= 11 is 5.72. The van der Waals surface area contributed by atoms with Gasteiger partial charge in [0.1, 0.15) is 10.9 Å². The molecule has 3 N–H and O–H groups in total. The Morgan fingerprint density at radius 2 is 1.94 bits per heavy atom. The van der Waals surface area contributed by atoms with E-state index in [0.29, 0.717) is 5.75 Å². The Kier molecular flexibility index (Phi) is 3.41. The van der Waals surface area contributed by atoms with Gasteiger partial charge in [0.05, 0.1) is 6.61 Å². The highest BCUT2D eigenvalue weighted by atomic mass is 35.5. The lowest BCUT2D eigenvalue weighted by Gasteiger charge is -2.05. The third kappa shape index (κ3) is 3.05. The molecule has 0 saturated heterocycles. The molecule has 1 aromatic heterocycles. The van der Waals surface area contributed by atoms with Gasteiger partial charge in [-0.15, -0.1) is 0 Å². The van der Waals surface area contributed by atoms with Gasteiger partial charge in [-0.05, 0) is 17.7 Å². The van der Waals surface area contributed by atoms with Gasteiger partial charge in [0.25, 0.3) is 0 Å². The first-order valence-electron chi connectivity index (χ1n) is 4.85. The van der Waals surface area contributed by atoms with E-state index in [1.54, 1.807) is 24.3 Å². The van der Waals surface area contributed by atoms with Crippen molar-refractivity contribution in [2.45, 2.75) is 6.61 Å². The fourth-order valence-electron chi connectivity index (χ4n) is 1.25. The second-order valence-electron chi connectivity index (χ2n) is 3.29. The van der Waals surface area contributed by atoms with Crippen molar-refractivity contribution in [1.82, 2.24) is 9.97 Å². The molecule has 5 nitrogen and oxygen atoms in total. The highest BCUT2D eigenvalue weighted by molar-refractivity contribution is 6.29. The van der Waals surface area contributed by atoms with E-state index in [9.17, 15) is 0 Å². The Morgan fingerprint density at radius 3 is 2.53 bits per heavy atom. The van der Waals surface area contributed by atoms with E-state index >= 15 is 0 Å². The topological polar surface area (TPSA) is 81.3 Å². The van der Waals surface area contributed by atoms with Crippen LogP contribution in [-0.2, 0) is 6.61 Å². The van der Waals surface area contributed by atoms with Gasteiger partial charge in [-0.1, -0.05) is 23.7 Å². The predicted octanol–water partition coefficient (Wildman–Crippen LogP) is 2.00. The number of halogens is 1. The zero-order valence-electron chi connectivity index (χ0n) is 8.80. The number of aromatic nitrogens is 2. The summed E-state index contributed by atoms with van der Waals surface area (Å²) in [6, 6.07) is 8.41. The number of aliphatic hydroxyl groups excluding tert-OH is 1. The number of nitrogens with zero attached hydrogens (tertiary/aromatic N) is 2. The lowest BCUT2D eigenvalue weighted by atomic mass is 10.2. The lowest BCUT2D eigenvalue weighted by Crippen LogP contribution is -1.97. The van der Waals surface area contributed by atoms with Gasteiger partial charge in [-0.25, -0.2) is 4.98 Å². The van der Waals surface area contributed by atoms with Crippen LogP contribution in [0.4, 0.5) is 5.95 Å². The molecular formula is C11H10ClN3O2. The van der Waals surface area contributed by atoms with E-state index in [0.717, 1.165) is 5.56 Å². The van der Waals surface area contributed by atoms with Gasteiger partial charge in [0.2, 0.25) is 11.8 Å². The van der Waals surface area contributed by atoms with Crippen molar-refractivity contribution in [3.05, 3.63) is 41.0 Å². The summed E-state index contributed by atoms with van der Waals surface area (Å²) in [6.07, 6.45) is 0. The van der Waals surface area contributed by atoms with E-state index in [4.69, 9.17) is 27.2 Å². The van der Waals surface area contributed by atoms with Gasteiger partial charge in [-0.3, -0.25) is 0 Å². The minimum Gasteiger partial charge on any atom is -0.439 e. The number of anilines is 1. The van der Waals surface area contributed by atoms with Gasteiger partial charge in [0, 0.05) is 6.07 Å². The molecule has 0 aliphatic carbocycles. The maximum Gasteiger partial charge on any atom is 0.225 e. The highest BCUT2D eigenvalue weighted by Crippen LogP contribution is 2.22. The number of hydrogen-bond acceptors (Lipinski definition) is 5. The molecule has 1 heterocycles. The predicted molar refractivity (Wildman–Crippen MR) is 63.9 cm³/mol. The maximum absolute atomic E-state index is 8.90. The first-order chi connectivity index (χ1) is 8.17. The largest absolute Gasteiger partial charge is 0.439 e. The Balaban J connectivity index is 2.19. The molecule has 0 aliphatic rings. The van der Waals surface area contributed by atoms with Crippen molar-refractivity contribution in [3.8, 4) is 11.6 Å². The van der Waals surface area contributed by atoms with Gasteiger partial charge >= 0.3 is 0 Å². The zero-order valence-corrected chi connectivity index (χ0v) is 9.55. The summed E-state index contributed by atoms with van der Waals surface area (Å²) in [5.41, 5.74) is 6.24. The van der Waals surface area contributed by atoms with Crippen LogP contribution in [0.1, 0.15) is 5.56 Å². The molecule has 88 valence electrons. The molecule has 0 amide bonds. The Labute approximate surface area is 103 Å². The van der Waals surface area contributed by atoms with E-state index in [-0.39, 0.29) is 23.6 Å². The molecule has 0 spiro atoms. The molecule has 0 unspecified atom stereocenters. The van der Waals surface area contributed by atoms with E-state index in [1.165, 1.54) is 6.07 Å². The molecule has 0 aliphatic heterocycles. The quantitative estimate of drug-likeness (QED) is 0.816. The van der Waals surface area contributed by atoms with Crippen LogP contribution >= 0.6 is 11.6 Å². The molecule has 0 atom stereocenters. The van der Waals surface area contributed by atoms with Crippen molar-refractivity contribution in [2.75, 3.05) is 5.73 Å². The number of nitrogen functional groups attached to an aromatic ring is 1. The van der Waals surface area contributed by atoms with Crippen molar-refractivity contribution < 1.29 is 9.84 Å². The van der Waals surface area contributed by atoms with Crippen LogP contribution in [0.15, 0.2) is 30.3 Å². The number of hydrogen-bond donors (Lipinski definition) is 2. The Morgan fingerprint density at radius 1 is 1.24 bits per heavy atom. The fraction of sp³-hybridized carbons (Fsp3) is 0.0909. The van der Waals surface area contributed by atoms with E-state index < -0.39 is 0 Å². The second kappa shape index (κ2) is 4.99. The summed E-state index contributed by atoms with van der Waals surface area (Å²) in [7, 11) is 0. The first kappa shape index (κ1) is 11.6. The Bertz CT molecular complexity index is 496. The molecule has 1 aromatic carbocycles. The van der Waals surface area contributed by atoms with Crippen LogP contribution < -0.4 is 10.5 Å². The van der Waals surface area contributed by atoms with Crippen LogP contribution in [0.25, 0.3) is 0 Å². The molecule has 0 saturated carbocycles. The monoisotopic (exact) mass is 251 g/mol. The first-order valence-corrected chi connectivity index (χ1v) is 5.23. The van der Waals surface area contributed by atoms with Gasteiger partial charge in [0.15, 0.2) is 0 Å². The summed E-state index contributed by atoms with van der Waals surface area (Å²) in [6.45, 7) is -0.00738. The van der Waals surface area contributed by atoms with Crippen LogP contribution in [0, 0.1) is 0 Å². The minimum absolute atomic E-state index is 0.00738. The lowest BCUT2D eigenvalue weighted by molar-refractivity contribution is 0.281. The minimum atomic E-state index is -0.00738. The standard InChI is InChI=1S/C11H10ClN3O2/c12-9-5-10(15-11(13)14-9)17-8-3-1-7(6-16)2-4-8/h1-5,16H,6H2,(H2,13,14,15). The van der Waals surface area contributed by atoms with Gasteiger partial charge < -0.3 is 15.6 Å². The molecule has 0 radical (unpaired) electrons. The SMILES string of the molecule is Nc1nc(Cl)cc(Oc2ccc(CO)cc2)n1. The van der Waals surface area contributed by atoms with Crippen LogP contribution in [0.5, 0.6) is 11.6 Å². The molecule has 2 rings (SSSR count). The van der Waals surface area contributed by atoms with Crippen molar-refractivity contribution in [2.24, 2.45) is 0 Å². The fourth-order valence-corrected chi connectivity index (χ4v) is 1.43. The van der Waals surface area contributed by atoms with Crippen LogP contribution in [0.3, 0.4) is 0 Å². The average molecular weight is 252 g/mol. The number of benzene rings is 1. The summed E-state index contributed by atoms with van der Waals surface area (Å²) in [5.74, 6) is 0.912. The van der Waals surface area contributed by atoms with Crippen LogP contribution in [0.2, 0.25) is 5.15 Å². The van der Waals surface area contributed by atoms with Crippen molar-refractivity contribution >= 4 is 17.5 Å². The number of ether oxygens (including phenoxy) is 1. The van der Waals surface area contributed by atoms with Crippen molar-refractivity contribution in [3.63, 3.8) is 0 Å². The third-order valence-electron chi connectivity index (χ3n) is 2.02. The number of aliphatic hydroxyl groups is 1. The molecular weight excluding hydrogens is 242 g/mol. The van der Waals surface area contributed by atoms with E-state index in [2.05, 4.69) is 9.97 Å². The number of nitrogens with two attached hydrogens (primary N) is 1. The molecule has 0 fully saturated rings. The van der Waals surface area contributed by atoms with Gasteiger partial charge in [-0.2, -0.15) is 4.98 Å². The second-order valence-corrected chi connectivity index (χ2v) is 3.68. The summed E-state index contributed by atoms with van der Waals surface area (Å²) in [5, 5.41) is 9.12. The number of rotatable bonds is 3. The maximum atomic E-state index is 8.90. The smallest absolute Gasteiger partial charge is 0.225 e. The summed E-state index contributed by atoms with van der Waals surface area (Å²) in [4.78, 5) is 7.60. The van der Waals surface area contributed by atoms with Crippen LogP contribution in [-0.4, -0.2) is 15.1 Å². The van der Waals surface area contributed by atoms with Crippen molar-refractivity contribution in [1.29, 1.82) is 0 Å². The van der Waals surface area contributed by atoms with E-state index in [1.807, 2.05) is 0 Å². The Hall–Kier alpha value is -1.85.